The number of aryl methyl sites for hydroxylation is 1. The van der Waals surface area contributed by atoms with Crippen LogP contribution in [0.4, 0.5) is 0 Å². The predicted octanol–water partition coefficient (Wildman–Crippen LogP) is 6.12. The van der Waals surface area contributed by atoms with E-state index in [9.17, 15) is 9.90 Å². The van der Waals surface area contributed by atoms with Gasteiger partial charge in [-0.15, -0.1) is 22.9 Å². The van der Waals surface area contributed by atoms with E-state index in [1.807, 2.05) is 6.07 Å². The van der Waals surface area contributed by atoms with Crippen molar-refractivity contribution < 1.29 is 15.0 Å². The Hall–Kier alpha value is -0.580. The maximum atomic E-state index is 11.0. The fraction of sp³-hybridized carbons (Fsp3) is 0.762. The van der Waals surface area contributed by atoms with Crippen LogP contribution in [-0.4, -0.2) is 27.7 Å². The number of alkyl halides is 1. The van der Waals surface area contributed by atoms with Crippen molar-refractivity contribution in [3.8, 4) is 0 Å². The predicted molar refractivity (Wildman–Crippen MR) is 109 cm³/mol. The van der Waals surface area contributed by atoms with Crippen LogP contribution in [0, 0.1) is 11.8 Å². The molecule has 1 aromatic heterocycles. The Balaban J connectivity index is 1.74. The summed E-state index contributed by atoms with van der Waals surface area (Å²) in [4.78, 5) is 12.5. The summed E-state index contributed by atoms with van der Waals surface area (Å²) in [6, 6.07) is 3.61. The summed E-state index contributed by atoms with van der Waals surface area (Å²) in [7, 11) is 0. The molecule has 1 saturated carbocycles. The summed E-state index contributed by atoms with van der Waals surface area (Å²) < 4.78 is 0. The van der Waals surface area contributed by atoms with Crippen molar-refractivity contribution in [1.82, 2.24) is 0 Å². The number of aliphatic hydroxyl groups is 1. The molecule has 1 aliphatic carbocycles. The molecule has 0 aromatic carbocycles. The average Bonchev–Trinajstić information content (AvgIpc) is 3.17. The van der Waals surface area contributed by atoms with Crippen molar-refractivity contribution in [2.24, 2.45) is 11.8 Å². The third-order valence-corrected chi connectivity index (χ3v) is 7.33. The number of aromatic carboxylic acids is 1. The molecule has 0 bridgehead atoms. The van der Waals surface area contributed by atoms with Crippen molar-refractivity contribution in [3.05, 3.63) is 21.9 Å². The van der Waals surface area contributed by atoms with Gasteiger partial charge in [-0.25, -0.2) is 4.79 Å². The smallest absolute Gasteiger partial charge is 0.345 e. The van der Waals surface area contributed by atoms with E-state index >= 15 is 0 Å². The maximum Gasteiger partial charge on any atom is 0.345 e. The van der Waals surface area contributed by atoms with Crippen LogP contribution in [0.1, 0.15) is 85.7 Å². The molecule has 5 heteroatoms. The van der Waals surface area contributed by atoms with Crippen LogP contribution in [0.25, 0.3) is 0 Å². The first-order valence-corrected chi connectivity index (χ1v) is 11.4. The van der Waals surface area contributed by atoms with Crippen LogP contribution < -0.4 is 0 Å². The van der Waals surface area contributed by atoms with E-state index in [2.05, 4.69) is 6.92 Å². The number of carboxylic acids is 1. The lowest BCUT2D eigenvalue weighted by Gasteiger charge is -2.23. The van der Waals surface area contributed by atoms with Crippen LogP contribution in [0.2, 0.25) is 0 Å². The van der Waals surface area contributed by atoms with Gasteiger partial charge in [-0.1, -0.05) is 45.4 Å². The Bertz CT molecular complexity index is 545. The van der Waals surface area contributed by atoms with Crippen LogP contribution in [0.5, 0.6) is 0 Å². The average molecular weight is 401 g/mol. The van der Waals surface area contributed by atoms with Crippen molar-refractivity contribution in [2.45, 2.75) is 89.0 Å². The minimum absolute atomic E-state index is 0.0769. The van der Waals surface area contributed by atoms with Crippen molar-refractivity contribution in [2.75, 3.05) is 0 Å². The lowest BCUT2D eigenvalue weighted by molar-refractivity contribution is 0.0702. The summed E-state index contributed by atoms with van der Waals surface area (Å²) in [6.45, 7) is 2.23. The first-order chi connectivity index (χ1) is 12.5. The molecule has 0 amide bonds. The molecule has 2 rings (SSSR count). The molecular weight excluding hydrogens is 368 g/mol. The van der Waals surface area contributed by atoms with Gasteiger partial charge in [-0.2, -0.15) is 0 Å². The highest BCUT2D eigenvalue weighted by molar-refractivity contribution is 7.13. The van der Waals surface area contributed by atoms with Gasteiger partial charge < -0.3 is 10.2 Å². The minimum Gasteiger partial charge on any atom is -0.477 e. The SMILES string of the molecule is CCCCCCCCC1C(CCCc2ccc(C(=O)O)s2)[C@H](Cl)C[C@H]1O. The summed E-state index contributed by atoms with van der Waals surface area (Å²) in [5.41, 5.74) is 0. The molecule has 0 radical (unpaired) electrons. The van der Waals surface area contributed by atoms with Crippen LogP contribution in [-0.2, 0) is 6.42 Å². The molecular formula is C21H33ClO3S. The third-order valence-electron chi connectivity index (χ3n) is 5.70. The molecule has 2 N–H and O–H groups in total. The second kappa shape index (κ2) is 11.3. The van der Waals surface area contributed by atoms with Crippen molar-refractivity contribution >= 4 is 28.9 Å². The molecule has 3 nitrogen and oxygen atoms in total. The Morgan fingerprint density at radius 2 is 1.81 bits per heavy atom. The maximum absolute atomic E-state index is 11.0. The molecule has 2 unspecified atom stereocenters. The molecule has 0 spiro atoms. The molecule has 1 aromatic rings. The molecule has 1 fully saturated rings. The number of aliphatic hydroxyl groups excluding tert-OH is 1. The molecule has 1 heterocycles. The van der Waals surface area contributed by atoms with Crippen LogP contribution >= 0.6 is 22.9 Å². The van der Waals surface area contributed by atoms with E-state index in [1.165, 1.54) is 49.9 Å². The molecule has 4 atom stereocenters. The van der Waals surface area contributed by atoms with Gasteiger partial charge in [0.2, 0.25) is 0 Å². The standard InChI is InChI=1S/C21H33ClO3S/c1-2-3-4-5-6-7-10-17-16(18(22)14-19(17)23)11-8-9-15-12-13-20(26-15)21(24)25/h12-13,16-19,23H,2-11,14H2,1H3,(H,24,25)/t16?,17?,18-,19-/m1/s1. The van der Waals surface area contributed by atoms with Gasteiger partial charge in [0, 0.05) is 10.3 Å². The van der Waals surface area contributed by atoms with Crippen molar-refractivity contribution in [3.63, 3.8) is 0 Å². The number of thiophene rings is 1. The van der Waals surface area contributed by atoms with Gasteiger partial charge in [0.25, 0.3) is 0 Å². The normalized spacial score (nSPS) is 25.7. The van der Waals surface area contributed by atoms with E-state index in [1.54, 1.807) is 6.07 Å². The lowest BCUT2D eigenvalue weighted by atomic mass is 9.85. The van der Waals surface area contributed by atoms with Crippen molar-refractivity contribution in [1.29, 1.82) is 0 Å². The number of carboxylic acid groups (broad SMARTS) is 1. The molecule has 26 heavy (non-hydrogen) atoms. The number of hydrogen-bond donors (Lipinski definition) is 2. The van der Waals surface area contributed by atoms with Gasteiger partial charge in [0.1, 0.15) is 4.88 Å². The third kappa shape index (κ3) is 6.54. The summed E-state index contributed by atoms with van der Waals surface area (Å²) in [5.74, 6) is -0.122. The minimum atomic E-state index is -0.847. The fourth-order valence-electron chi connectivity index (χ4n) is 4.23. The summed E-state index contributed by atoms with van der Waals surface area (Å²) in [5, 5.41) is 19.5. The lowest BCUT2D eigenvalue weighted by Crippen LogP contribution is -2.21. The quantitative estimate of drug-likeness (QED) is 0.328. The number of halogens is 1. The molecule has 1 aliphatic rings. The van der Waals surface area contributed by atoms with E-state index in [4.69, 9.17) is 16.7 Å². The Kier molecular flexibility index (Phi) is 9.44. The summed E-state index contributed by atoms with van der Waals surface area (Å²) >= 11 is 7.91. The number of unbranched alkanes of at least 4 members (excludes halogenated alkanes) is 5. The monoisotopic (exact) mass is 400 g/mol. The van der Waals surface area contributed by atoms with E-state index in [-0.39, 0.29) is 11.5 Å². The highest BCUT2D eigenvalue weighted by atomic mass is 35.5. The highest BCUT2D eigenvalue weighted by Crippen LogP contribution is 2.42. The zero-order valence-electron chi connectivity index (χ0n) is 15.8. The first kappa shape index (κ1) is 21.7. The van der Waals surface area contributed by atoms with Gasteiger partial charge in [-0.05, 0) is 56.1 Å². The molecule has 0 aliphatic heterocycles. The number of rotatable bonds is 12. The fourth-order valence-corrected chi connectivity index (χ4v) is 5.62. The number of carbonyl (C=O) groups is 1. The Morgan fingerprint density at radius 3 is 2.50 bits per heavy atom. The van der Waals surface area contributed by atoms with E-state index in [0.717, 1.165) is 37.0 Å². The van der Waals surface area contributed by atoms with Gasteiger partial charge in [-0.3, -0.25) is 0 Å². The van der Waals surface area contributed by atoms with E-state index < -0.39 is 5.97 Å². The summed E-state index contributed by atoms with van der Waals surface area (Å²) in [6.07, 6.45) is 12.2. The zero-order valence-corrected chi connectivity index (χ0v) is 17.4. The Labute approximate surface area is 166 Å². The zero-order chi connectivity index (χ0) is 18.9. The second-order valence-electron chi connectivity index (χ2n) is 7.67. The first-order valence-electron chi connectivity index (χ1n) is 10.2. The largest absolute Gasteiger partial charge is 0.477 e. The molecule has 148 valence electrons. The van der Waals surface area contributed by atoms with Gasteiger partial charge in [0.15, 0.2) is 0 Å². The van der Waals surface area contributed by atoms with E-state index in [0.29, 0.717) is 16.7 Å². The van der Waals surface area contributed by atoms with Gasteiger partial charge >= 0.3 is 5.97 Å². The topological polar surface area (TPSA) is 57.5 Å². The highest BCUT2D eigenvalue weighted by Gasteiger charge is 2.40. The Morgan fingerprint density at radius 1 is 1.12 bits per heavy atom. The number of hydrogen-bond acceptors (Lipinski definition) is 3. The van der Waals surface area contributed by atoms with Crippen LogP contribution in [0.3, 0.4) is 0 Å². The van der Waals surface area contributed by atoms with Gasteiger partial charge in [0.05, 0.1) is 6.10 Å². The molecule has 0 saturated heterocycles. The second-order valence-corrected chi connectivity index (χ2v) is 9.40. The van der Waals surface area contributed by atoms with Crippen LogP contribution in [0.15, 0.2) is 12.1 Å².